The van der Waals surface area contributed by atoms with E-state index in [1.165, 1.54) is 22.9 Å². The third kappa shape index (κ3) is 5.65. The number of hydrogen-bond donors (Lipinski definition) is 2. The maximum Gasteiger partial charge on any atom is 0.244 e. The summed E-state index contributed by atoms with van der Waals surface area (Å²) in [4.78, 5) is 23.3. The van der Waals surface area contributed by atoms with Crippen molar-refractivity contribution < 1.29 is 14.0 Å². The van der Waals surface area contributed by atoms with E-state index < -0.39 is 0 Å². The summed E-state index contributed by atoms with van der Waals surface area (Å²) in [5, 5.41) is 10.1. The summed E-state index contributed by atoms with van der Waals surface area (Å²) in [5.41, 5.74) is 1.86. The summed E-state index contributed by atoms with van der Waals surface area (Å²) in [6.07, 6.45) is 2.93. The molecule has 0 spiro atoms. The zero-order valence-electron chi connectivity index (χ0n) is 15.4. The molecule has 2 rings (SSSR count). The van der Waals surface area contributed by atoms with Crippen molar-refractivity contribution in [1.29, 1.82) is 0 Å². The van der Waals surface area contributed by atoms with Crippen LogP contribution in [0, 0.1) is 18.7 Å². The number of aryl methyl sites for hydroxylation is 1. The van der Waals surface area contributed by atoms with E-state index in [4.69, 9.17) is 11.6 Å². The van der Waals surface area contributed by atoms with Crippen molar-refractivity contribution in [2.24, 2.45) is 5.92 Å². The van der Waals surface area contributed by atoms with Gasteiger partial charge in [-0.1, -0.05) is 25.4 Å². The Morgan fingerprint density at radius 3 is 2.48 bits per heavy atom. The molecule has 144 valence electrons. The highest BCUT2D eigenvalue weighted by molar-refractivity contribution is 6.31. The lowest BCUT2D eigenvalue weighted by Gasteiger charge is -2.07. The number of hydrogen-bond acceptors (Lipinski definition) is 3. The first-order valence-corrected chi connectivity index (χ1v) is 8.92. The molecule has 1 aromatic carbocycles. The zero-order chi connectivity index (χ0) is 20.0. The van der Waals surface area contributed by atoms with Gasteiger partial charge in [-0.05, 0) is 37.3 Å². The summed E-state index contributed by atoms with van der Waals surface area (Å²) in [6.45, 7) is 6.05. The van der Waals surface area contributed by atoms with Gasteiger partial charge in [-0.2, -0.15) is 5.10 Å². The smallest absolute Gasteiger partial charge is 0.244 e. The second-order valence-electron chi connectivity index (χ2n) is 6.25. The van der Waals surface area contributed by atoms with Crippen LogP contribution in [-0.4, -0.2) is 34.7 Å². The van der Waals surface area contributed by atoms with Crippen LogP contribution in [0.4, 0.5) is 4.39 Å². The minimum atomic E-state index is -0.347. The first-order chi connectivity index (χ1) is 12.8. The van der Waals surface area contributed by atoms with Crippen LogP contribution in [0.1, 0.15) is 25.1 Å². The van der Waals surface area contributed by atoms with Crippen molar-refractivity contribution in [3.05, 3.63) is 52.6 Å². The van der Waals surface area contributed by atoms with Gasteiger partial charge in [0.05, 0.1) is 11.4 Å². The monoisotopic (exact) mass is 392 g/mol. The van der Waals surface area contributed by atoms with Crippen molar-refractivity contribution in [2.75, 3.05) is 13.1 Å². The lowest BCUT2D eigenvalue weighted by Crippen LogP contribution is -2.35. The van der Waals surface area contributed by atoms with Gasteiger partial charge in [-0.3, -0.25) is 9.59 Å². The molecular formula is C19H22ClFN4O2. The van der Waals surface area contributed by atoms with E-state index in [1.54, 1.807) is 39.0 Å². The summed E-state index contributed by atoms with van der Waals surface area (Å²) in [7, 11) is 0. The van der Waals surface area contributed by atoms with E-state index in [9.17, 15) is 14.0 Å². The van der Waals surface area contributed by atoms with Crippen LogP contribution in [0.3, 0.4) is 0 Å². The molecule has 2 aromatic rings. The lowest BCUT2D eigenvalue weighted by molar-refractivity contribution is -0.124. The minimum absolute atomic E-state index is 0.0598. The average Bonchev–Trinajstić information content (AvgIpc) is 2.91. The summed E-state index contributed by atoms with van der Waals surface area (Å²) < 4.78 is 14.5. The van der Waals surface area contributed by atoms with Gasteiger partial charge in [0.1, 0.15) is 11.0 Å². The summed E-state index contributed by atoms with van der Waals surface area (Å²) >= 11 is 6.35. The first-order valence-electron chi connectivity index (χ1n) is 8.54. The fraction of sp³-hybridized carbons (Fsp3) is 0.316. The number of nitrogens with zero attached hydrogens (tertiary/aromatic N) is 2. The third-order valence-corrected chi connectivity index (χ3v) is 4.13. The Kier molecular flexibility index (Phi) is 7.12. The molecule has 6 nitrogen and oxygen atoms in total. The fourth-order valence-electron chi connectivity index (χ4n) is 2.25. The Balaban J connectivity index is 1.97. The number of amides is 2. The molecular weight excluding hydrogens is 371 g/mol. The Morgan fingerprint density at radius 2 is 1.85 bits per heavy atom. The molecule has 0 bridgehead atoms. The standard InChI is InChI=1S/C19H22ClFN4O2/c1-12(2)19(27)23-11-10-22-17(26)9-8-16-13(3)24-25(18(16)20)15-6-4-14(21)5-7-15/h4-9,12H,10-11H2,1-3H3,(H,22,26)(H,23,27)/b9-8+. The van der Waals surface area contributed by atoms with Gasteiger partial charge in [-0.25, -0.2) is 9.07 Å². The highest BCUT2D eigenvalue weighted by Crippen LogP contribution is 2.24. The van der Waals surface area contributed by atoms with Crippen LogP contribution in [0.25, 0.3) is 11.8 Å². The Labute approximate surface area is 162 Å². The third-order valence-electron chi connectivity index (χ3n) is 3.77. The quantitative estimate of drug-likeness (QED) is 0.562. The molecule has 0 fully saturated rings. The second-order valence-corrected chi connectivity index (χ2v) is 6.61. The van der Waals surface area contributed by atoms with Crippen LogP contribution in [-0.2, 0) is 9.59 Å². The molecule has 0 aliphatic carbocycles. The Morgan fingerprint density at radius 1 is 1.22 bits per heavy atom. The maximum absolute atomic E-state index is 13.1. The molecule has 0 aliphatic heterocycles. The van der Waals surface area contributed by atoms with Crippen LogP contribution in [0.2, 0.25) is 5.15 Å². The van der Waals surface area contributed by atoms with E-state index >= 15 is 0 Å². The van der Waals surface area contributed by atoms with Crippen LogP contribution in [0.15, 0.2) is 30.3 Å². The molecule has 2 amide bonds. The topological polar surface area (TPSA) is 76.0 Å². The lowest BCUT2D eigenvalue weighted by atomic mass is 10.2. The molecule has 1 aromatic heterocycles. The molecule has 0 radical (unpaired) electrons. The van der Waals surface area contributed by atoms with Gasteiger partial charge >= 0.3 is 0 Å². The van der Waals surface area contributed by atoms with Crippen molar-refractivity contribution in [3.63, 3.8) is 0 Å². The number of carbonyl (C=O) groups is 2. The molecule has 0 saturated carbocycles. The van der Waals surface area contributed by atoms with Gasteiger partial charge in [0, 0.05) is 30.6 Å². The normalized spacial score (nSPS) is 11.2. The van der Waals surface area contributed by atoms with E-state index in [-0.39, 0.29) is 23.5 Å². The molecule has 0 aliphatic rings. The van der Waals surface area contributed by atoms with Crippen molar-refractivity contribution >= 4 is 29.5 Å². The van der Waals surface area contributed by atoms with E-state index in [0.717, 1.165) is 0 Å². The van der Waals surface area contributed by atoms with Gasteiger partial charge in [0.2, 0.25) is 11.8 Å². The van der Waals surface area contributed by atoms with Gasteiger partial charge in [0.25, 0.3) is 0 Å². The van der Waals surface area contributed by atoms with Crippen molar-refractivity contribution in [2.45, 2.75) is 20.8 Å². The maximum atomic E-state index is 13.1. The van der Waals surface area contributed by atoms with E-state index in [2.05, 4.69) is 15.7 Å². The second kappa shape index (κ2) is 9.32. The number of nitrogens with one attached hydrogen (secondary N) is 2. The van der Waals surface area contributed by atoms with Gasteiger partial charge < -0.3 is 10.6 Å². The van der Waals surface area contributed by atoms with E-state index in [1.807, 2.05) is 0 Å². The number of rotatable bonds is 7. The summed E-state index contributed by atoms with van der Waals surface area (Å²) in [6, 6.07) is 5.78. The molecule has 0 saturated heterocycles. The average molecular weight is 393 g/mol. The Hall–Kier alpha value is -2.67. The highest BCUT2D eigenvalue weighted by Gasteiger charge is 2.13. The predicted molar refractivity (Wildman–Crippen MR) is 103 cm³/mol. The van der Waals surface area contributed by atoms with Crippen LogP contribution in [0.5, 0.6) is 0 Å². The largest absolute Gasteiger partial charge is 0.354 e. The number of aromatic nitrogens is 2. The molecule has 0 atom stereocenters. The first kappa shape index (κ1) is 20.6. The number of benzene rings is 1. The minimum Gasteiger partial charge on any atom is -0.354 e. The SMILES string of the molecule is Cc1nn(-c2ccc(F)cc2)c(Cl)c1/C=C/C(=O)NCCNC(=O)C(C)C. The number of carbonyl (C=O) groups excluding carboxylic acids is 2. The fourth-order valence-corrected chi connectivity index (χ4v) is 2.58. The molecule has 27 heavy (non-hydrogen) atoms. The summed E-state index contributed by atoms with van der Waals surface area (Å²) in [5.74, 6) is -0.808. The van der Waals surface area contributed by atoms with Crippen LogP contribution < -0.4 is 10.6 Å². The highest BCUT2D eigenvalue weighted by atomic mass is 35.5. The zero-order valence-corrected chi connectivity index (χ0v) is 16.2. The number of halogens is 2. The molecule has 8 heteroatoms. The van der Waals surface area contributed by atoms with E-state index in [0.29, 0.717) is 35.2 Å². The molecule has 0 unspecified atom stereocenters. The van der Waals surface area contributed by atoms with Gasteiger partial charge in [0.15, 0.2) is 0 Å². The predicted octanol–water partition coefficient (Wildman–Crippen LogP) is 2.87. The molecule has 1 heterocycles. The Bertz CT molecular complexity index is 844. The molecule has 2 N–H and O–H groups in total. The van der Waals surface area contributed by atoms with Gasteiger partial charge in [-0.15, -0.1) is 0 Å². The van der Waals surface area contributed by atoms with Crippen LogP contribution >= 0.6 is 11.6 Å². The van der Waals surface area contributed by atoms with Crippen molar-refractivity contribution in [3.8, 4) is 5.69 Å². The van der Waals surface area contributed by atoms with Crippen molar-refractivity contribution in [1.82, 2.24) is 20.4 Å².